The van der Waals surface area contributed by atoms with Crippen LogP contribution < -0.4 is 5.73 Å². The molecule has 0 radical (unpaired) electrons. The van der Waals surface area contributed by atoms with Gasteiger partial charge in [0.05, 0.1) is 0 Å². The second-order valence-electron chi connectivity index (χ2n) is 4.64. The van der Waals surface area contributed by atoms with Gasteiger partial charge in [0.2, 0.25) is 0 Å². The molecule has 0 aromatic heterocycles. The monoisotopic (exact) mass is 271 g/mol. The summed E-state index contributed by atoms with van der Waals surface area (Å²) in [5.41, 5.74) is 6.12. The van der Waals surface area contributed by atoms with E-state index in [-0.39, 0.29) is 17.6 Å². The van der Waals surface area contributed by atoms with Crippen molar-refractivity contribution in [2.75, 3.05) is 6.54 Å². The van der Waals surface area contributed by atoms with Crippen LogP contribution in [-0.4, -0.2) is 12.3 Å². The Hall–Kier alpha value is -0.570. The number of carbonyl (C=O) groups is 1. The summed E-state index contributed by atoms with van der Waals surface area (Å²) in [5, 5.41) is 1.11. The van der Waals surface area contributed by atoms with Gasteiger partial charge in [0, 0.05) is 28.4 Å². The molecule has 1 aliphatic carbocycles. The Bertz CT molecular complexity index is 415. The van der Waals surface area contributed by atoms with Gasteiger partial charge in [-0.15, -0.1) is 0 Å². The lowest BCUT2D eigenvalue weighted by Gasteiger charge is -2.39. The Morgan fingerprint density at radius 3 is 2.29 bits per heavy atom. The fourth-order valence-corrected chi connectivity index (χ4v) is 2.78. The van der Waals surface area contributed by atoms with Gasteiger partial charge in [0.25, 0.3) is 0 Å². The van der Waals surface area contributed by atoms with E-state index < -0.39 is 0 Å². The molecule has 1 aromatic rings. The summed E-state index contributed by atoms with van der Waals surface area (Å²) in [6, 6.07) is 5.29. The van der Waals surface area contributed by atoms with Gasteiger partial charge in [-0.1, -0.05) is 35.7 Å². The Balaban J connectivity index is 2.18. The predicted molar refractivity (Wildman–Crippen MR) is 70.5 cm³/mol. The summed E-state index contributed by atoms with van der Waals surface area (Å²) in [6.45, 7) is 0.425. The van der Waals surface area contributed by atoms with Gasteiger partial charge in [-0.2, -0.15) is 0 Å². The molecule has 0 heterocycles. The number of Topliss-reactive ketones (excluding diaryl/α,β-unsaturated/α-hetero) is 1. The second kappa shape index (κ2) is 4.97. The van der Waals surface area contributed by atoms with Gasteiger partial charge in [-0.25, -0.2) is 0 Å². The van der Waals surface area contributed by atoms with E-state index >= 15 is 0 Å². The van der Waals surface area contributed by atoms with E-state index in [1.807, 2.05) is 0 Å². The molecule has 2 nitrogen and oxygen atoms in total. The molecule has 2 rings (SSSR count). The average molecular weight is 272 g/mol. The molecule has 17 heavy (non-hydrogen) atoms. The number of carbonyl (C=O) groups excluding carboxylic acids is 1. The van der Waals surface area contributed by atoms with E-state index in [9.17, 15) is 4.79 Å². The molecule has 1 fully saturated rings. The Labute approximate surface area is 111 Å². The summed E-state index contributed by atoms with van der Waals surface area (Å²) < 4.78 is 0. The number of rotatable bonds is 4. The van der Waals surface area contributed by atoms with Gasteiger partial charge >= 0.3 is 0 Å². The van der Waals surface area contributed by atoms with Crippen molar-refractivity contribution in [2.24, 2.45) is 11.1 Å². The molecular formula is C13H15Cl2NO. The minimum atomic E-state index is -0.317. The molecule has 0 saturated heterocycles. The first kappa shape index (κ1) is 12.9. The van der Waals surface area contributed by atoms with E-state index in [1.165, 1.54) is 0 Å². The van der Waals surface area contributed by atoms with Gasteiger partial charge in [0.15, 0.2) is 0 Å². The maximum atomic E-state index is 12.3. The van der Waals surface area contributed by atoms with E-state index in [4.69, 9.17) is 28.9 Å². The SMILES string of the molecule is NCC1(C(=O)Cc2c(Cl)cccc2Cl)CCC1. The van der Waals surface area contributed by atoms with E-state index in [2.05, 4.69) is 0 Å². The standard InChI is InChI=1S/C13H15Cl2NO/c14-10-3-1-4-11(15)9(10)7-12(17)13(8-16)5-2-6-13/h1,3-4H,2,5-8,16H2. The summed E-state index contributed by atoms with van der Waals surface area (Å²) in [7, 11) is 0. The third-order valence-corrected chi connectivity index (χ3v) is 4.40. The molecule has 0 spiro atoms. The van der Waals surface area contributed by atoms with Crippen LogP contribution in [0.5, 0.6) is 0 Å². The summed E-state index contributed by atoms with van der Waals surface area (Å²) in [4.78, 5) is 12.3. The Morgan fingerprint density at radius 1 is 1.29 bits per heavy atom. The number of hydrogen-bond donors (Lipinski definition) is 1. The van der Waals surface area contributed by atoms with Crippen molar-refractivity contribution in [3.05, 3.63) is 33.8 Å². The maximum absolute atomic E-state index is 12.3. The summed E-state index contributed by atoms with van der Waals surface area (Å²) in [5.74, 6) is 0.168. The molecule has 1 aromatic carbocycles. The number of ketones is 1. The van der Waals surface area contributed by atoms with E-state index in [0.717, 1.165) is 24.8 Å². The molecule has 0 unspecified atom stereocenters. The third-order valence-electron chi connectivity index (χ3n) is 3.69. The van der Waals surface area contributed by atoms with Crippen LogP contribution in [0.4, 0.5) is 0 Å². The Kier molecular flexibility index (Phi) is 3.76. The highest BCUT2D eigenvalue weighted by molar-refractivity contribution is 6.36. The first-order valence-corrected chi connectivity index (χ1v) is 6.51. The highest BCUT2D eigenvalue weighted by atomic mass is 35.5. The third kappa shape index (κ3) is 2.35. The van der Waals surface area contributed by atoms with Crippen molar-refractivity contribution in [3.8, 4) is 0 Å². The van der Waals surface area contributed by atoms with Gasteiger partial charge < -0.3 is 5.73 Å². The van der Waals surface area contributed by atoms with Gasteiger partial charge in [0.1, 0.15) is 5.78 Å². The molecule has 1 saturated carbocycles. The van der Waals surface area contributed by atoms with Crippen molar-refractivity contribution >= 4 is 29.0 Å². The lowest BCUT2D eigenvalue weighted by molar-refractivity contribution is -0.132. The van der Waals surface area contributed by atoms with Crippen LogP contribution in [0.3, 0.4) is 0 Å². The van der Waals surface area contributed by atoms with Crippen molar-refractivity contribution in [1.29, 1.82) is 0 Å². The molecule has 4 heteroatoms. The van der Waals surface area contributed by atoms with Crippen LogP contribution in [0.2, 0.25) is 10.0 Å². The zero-order chi connectivity index (χ0) is 12.5. The van der Waals surface area contributed by atoms with Crippen molar-refractivity contribution in [3.63, 3.8) is 0 Å². The predicted octanol–water partition coefficient (Wildman–Crippen LogP) is 3.23. The number of hydrogen-bond acceptors (Lipinski definition) is 2. The molecule has 0 atom stereocenters. The molecule has 2 N–H and O–H groups in total. The lowest BCUT2D eigenvalue weighted by atomic mass is 9.65. The fraction of sp³-hybridized carbons (Fsp3) is 0.462. The molecule has 1 aliphatic rings. The highest BCUT2D eigenvalue weighted by Crippen LogP contribution is 2.42. The van der Waals surface area contributed by atoms with Crippen LogP contribution >= 0.6 is 23.2 Å². The largest absolute Gasteiger partial charge is 0.329 e. The van der Waals surface area contributed by atoms with E-state index in [0.29, 0.717) is 16.6 Å². The first-order chi connectivity index (χ1) is 8.09. The lowest BCUT2D eigenvalue weighted by Crippen LogP contribution is -2.45. The number of nitrogens with two attached hydrogens (primary N) is 1. The molecular weight excluding hydrogens is 257 g/mol. The Morgan fingerprint density at radius 2 is 1.88 bits per heavy atom. The number of halogens is 2. The zero-order valence-corrected chi connectivity index (χ0v) is 11.0. The summed E-state index contributed by atoms with van der Waals surface area (Å²) in [6.07, 6.45) is 3.16. The molecule has 0 bridgehead atoms. The fourth-order valence-electron chi connectivity index (χ4n) is 2.25. The van der Waals surface area contributed by atoms with Crippen LogP contribution in [0, 0.1) is 5.41 Å². The molecule has 92 valence electrons. The van der Waals surface area contributed by atoms with Crippen LogP contribution in [0.25, 0.3) is 0 Å². The normalized spacial score (nSPS) is 17.6. The minimum Gasteiger partial charge on any atom is -0.329 e. The summed E-state index contributed by atoms with van der Waals surface area (Å²) >= 11 is 12.1. The van der Waals surface area contributed by atoms with E-state index in [1.54, 1.807) is 18.2 Å². The maximum Gasteiger partial charge on any atom is 0.144 e. The smallest absolute Gasteiger partial charge is 0.144 e. The molecule has 0 amide bonds. The zero-order valence-electron chi connectivity index (χ0n) is 9.51. The van der Waals surface area contributed by atoms with Crippen molar-refractivity contribution in [1.82, 2.24) is 0 Å². The first-order valence-electron chi connectivity index (χ1n) is 5.75. The van der Waals surface area contributed by atoms with Crippen LogP contribution in [-0.2, 0) is 11.2 Å². The van der Waals surface area contributed by atoms with Crippen LogP contribution in [0.1, 0.15) is 24.8 Å². The van der Waals surface area contributed by atoms with Crippen LogP contribution in [0.15, 0.2) is 18.2 Å². The highest BCUT2D eigenvalue weighted by Gasteiger charge is 2.42. The van der Waals surface area contributed by atoms with Gasteiger partial charge in [-0.05, 0) is 30.5 Å². The van der Waals surface area contributed by atoms with Crippen molar-refractivity contribution < 1.29 is 4.79 Å². The average Bonchev–Trinajstić information content (AvgIpc) is 2.23. The molecule has 0 aliphatic heterocycles. The van der Waals surface area contributed by atoms with Crippen molar-refractivity contribution in [2.45, 2.75) is 25.7 Å². The van der Waals surface area contributed by atoms with Gasteiger partial charge in [-0.3, -0.25) is 4.79 Å². The minimum absolute atomic E-state index is 0.168. The second-order valence-corrected chi connectivity index (χ2v) is 5.45. The topological polar surface area (TPSA) is 43.1 Å². The number of benzene rings is 1. The quantitative estimate of drug-likeness (QED) is 0.914.